The van der Waals surface area contributed by atoms with Gasteiger partial charge in [0.2, 0.25) is 5.91 Å². The molecule has 1 aliphatic rings. The first kappa shape index (κ1) is 10.2. The van der Waals surface area contributed by atoms with Crippen LogP contribution in [0.4, 0.5) is 5.69 Å². The Kier molecular flexibility index (Phi) is 2.73. The van der Waals surface area contributed by atoms with Gasteiger partial charge in [-0.25, -0.2) is 0 Å². The topological polar surface area (TPSA) is 46.3 Å². The minimum atomic E-state index is -0.420. The third kappa shape index (κ3) is 1.88. The van der Waals surface area contributed by atoms with Crippen molar-refractivity contribution in [3.63, 3.8) is 0 Å². The van der Waals surface area contributed by atoms with E-state index in [1.807, 2.05) is 23.1 Å². The van der Waals surface area contributed by atoms with Crippen molar-refractivity contribution in [2.24, 2.45) is 5.73 Å². The van der Waals surface area contributed by atoms with E-state index in [1.165, 1.54) is 5.56 Å². The van der Waals surface area contributed by atoms with Crippen molar-refractivity contribution in [1.82, 2.24) is 0 Å². The Morgan fingerprint density at radius 1 is 1.47 bits per heavy atom. The SMILES string of the molecule is C[C@H](N)C(=O)N1CCCc2ccccc21. The Hall–Kier alpha value is -1.35. The van der Waals surface area contributed by atoms with E-state index in [2.05, 4.69) is 6.07 Å². The molecule has 1 heterocycles. The molecule has 1 aromatic rings. The Balaban J connectivity index is 2.34. The number of fused-ring (bicyclic) bond motifs is 1. The van der Waals surface area contributed by atoms with Gasteiger partial charge in [-0.1, -0.05) is 18.2 Å². The highest BCUT2D eigenvalue weighted by molar-refractivity contribution is 5.97. The number of amides is 1. The van der Waals surface area contributed by atoms with Crippen molar-refractivity contribution < 1.29 is 4.79 Å². The molecular weight excluding hydrogens is 188 g/mol. The van der Waals surface area contributed by atoms with Crippen LogP contribution in [0.5, 0.6) is 0 Å². The average molecular weight is 204 g/mol. The highest BCUT2D eigenvalue weighted by Gasteiger charge is 2.23. The zero-order valence-electron chi connectivity index (χ0n) is 8.94. The number of benzene rings is 1. The first-order valence-electron chi connectivity index (χ1n) is 5.35. The van der Waals surface area contributed by atoms with Crippen LogP contribution in [-0.2, 0) is 11.2 Å². The Morgan fingerprint density at radius 3 is 2.93 bits per heavy atom. The molecule has 0 aliphatic carbocycles. The number of aryl methyl sites for hydroxylation is 1. The summed E-state index contributed by atoms with van der Waals surface area (Å²) in [5.41, 5.74) is 7.91. The third-order valence-corrected chi connectivity index (χ3v) is 2.77. The van der Waals surface area contributed by atoms with E-state index in [9.17, 15) is 4.79 Å². The van der Waals surface area contributed by atoms with Crippen molar-refractivity contribution in [1.29, 1.82) is 0 Å². The highest BCUT2D eigenvalue weighted by Crippen LogP contribution is 2.26. The summed E-state index contributed by atoms with van der Waals surface area (Å²) in [6.07, 6.45) is 2.08. The fourth-order valence-corrected chi connectivity index (χ4v) is 2.01. The van der Waals surface area contributed by atoms with E-state index in [4.69, 9.17) is 5.73 Å². The van der Waals surface area contributed by atoms with Gasteiger partial charge in [-0.15, -0.1) is 0 Å². The zero-order chi connectivity index (χ0) is 10.8. The number of anilines is 1. The minimum Gasteiger partial charge on any atom is -0.320 e. The zero-order valence-corrected chi connectivity index (χ0v) is 8.94. The van der Waals surface area contributed by atoms with Gasteiger partial charge in [0.1, 0.15) is 0 Å². The van der Waals surface area contributed by atoms with Gasteiger partial charge < -0.3 is 10.6 Å². The van der Waals surface area contributed by atoms with Crippen LogP contribution in [0.2, 0.25) is 0 Å². The minimum absolute atomic E-state index is 0.0159. The molecule has 0 fully saturated rings. The summed E-state index contributed by atoms with van der Waals surface area (Å²) in [5.74, 6) is 0.0159. The lowest BCUT2D eigenvalue weighted by Gasteiger charge is -2.30. The number of rotatable bonds is 1. The fourth-order valence-electron chi connectivity index (χ4n) is 2.01. The number of nitrogens with zero attached hydrogens (tertiary/aromatic N) is 1. The molecule has 0 saturated heterocycles. The maximum absolute atomic E-state index is 11.9. The lowest BCUT2D eigenvalue weighted by atomic mass is 10.0. The van der Waals surface area contributed by atoms with Crippen LogP contribution < -0.4 is 10.6 Å². The molecule has 1 amide bonds. The molecular formula is C12H16N2O. The molecule has 0 unspecified atom stereocenters. The van der Waals surface area contributed by atoms with E-state index in [-0.39, 0.29) is 5.91 Å². The predicted molar refractivity (Wildman–Crippen MR) is 60.8 cm³/mol. The summed E-state index contributed by atoms with van der Waals surface area (Å²) in [4.78, 5) is 13.7. The van der Waals surface area contributed by atoms with Gasteiger partial charge in [0, 0.05) is 12.2 Å². The molecule has 2 N–H and O–H groups in total. The second kappa shape index (κ2) is 4.03. The van der Waals surface area contributed by atoms with Crippen molar-refractivity contribution >= 4 is 11.6 Å². The first-order valence-corrected chi connectivity index (χ1v) is 5.35. The molecule has 2 rings (SSSR count). The van der Waals surface area contributed by atoms with E-state index < -0.39 is 6.04 Å². The quantitative estimate of drug-likeness (QED) is 0.749. The molecule has 3 nitrogen and oxygen atoms in total. The van der Waals surface area contributed by atoms with Gasteiger partial charge in [0.15, 0.2) is 0 Å². The normalized spacial score (nSPS) is 17.1. The highest BCUT2D eigenvalue weighted by atomic mass is 16.2. The van der Waals surface area contributed by atoms with Crippen molar-refractivity contribution in [2.45, 2.75) is 25.8 Å². The Morgan fingerprint density at radius 2 is 2.20 bits per heavy atom. The average Bonchev–Trinajstić information content (AvgIpc) is 2.27. The van der Waals surface area contributed by atoms with E-state index in [0.29, 0.717) is 0 Å². The summed E-state index contributed by atoms with van der Waals surface area (Å²) in [6, 6.07) is 7.63. The van der Waals surface area contributed by atoms with E-state index in [0.717, 1.165) is 25.1 Å². The largest absolute Gasteiger partial charge is 0.320 e. The maximum atomic E-state index is 11.9. The monoisotopic (exact) mass is 204 g/mol. The standard InChI is InChI=1S/C12H16N2O/c1-9(13)12(15)14-8-4-6-10-5-2-3-7-11(10)14/h2-3,5,7,9H,4,6,8,13H2,1H3/t9-/m0/s1. The summed E-state index contributed by atoms with van der Waals surface area (Å²) in [7, 11) is 0. The summed E-state index contributed by atoms with van der Waals surface area (Å²) >= 11 is 0. The van der Waals surface area contributed by atoms with Crippen LogP contribution in [0.1, 0.15) is 18.9 Å². The molecule has 1 atom stereocenters. The van der Waals surface area contributed by atoms with Crippen LogP contribution in [0.3, 0.4) is 0 Å². The molecule has 1 aliphatic heterocycles. The molecule has 3 heteroatoms. The third-order valence-electron chi connectivity index (χ3n) is 2.77. The second-order valence-electron chi connectivity index (χ2n) is 4.01. The lowest BCUT2D eigenvalue weighted by Crippen LogP contribution is -2.44. The molecule has 15 heavy (non-hydrogen) atoms. The van der Waals surface area contributed by atoms with Gasteiger partial charge in [0.25, 0.3) is 0 Å². The van der Waals surface area contributed by atoms with E-state index in [1.54, 1.807) is 6.92 Å². The summed E-state index contributed by atoms with van der Waals surface area (Å²) in [5, 5.41) is 0. The molecule has 0 saturated carbocycles. The van der Waals surface area contributed by atoms with Crippen LogP contribution in [0, 0.1) is 0 Å². The predicted octanol–water partition coefficient (Wildman–Crippen LogP) is 1.31. The summed E-state index contributed by atoms with van der Waals surface area (Å²) < 4.78 is 0. The van der Waals surface area contributed by atoms with Gasteiger partial charge in [-0.05, 0) is 31.4 Å². The maximum Gasteiger partial charge on any atom is 0.243 e. The number of hydrogen-bond acceptors (Lipinski definition) is 2. The second-order valence-corrected chi connectivity index (χ2v) is 4.01. The number of nitrogens with two attached hydrogens (primary N) is 1. The smallest absolute Gasteiger partial charge is 0.243 e. The molecule has 0 aromatic heterocycles. The van der Waals surface area contributed by atoms with Crippen LogP contribution in [0.15, 0.2) is 24.3 Å². The Labute approximate surface area is 89.9 Å². The van der Waals surface area contributed by atoms with E-state index >= 15 is 0 Å². The molecule has 1 aromatic carbocycles. The van der Waals surface area contributed by atoms with Crippen LogP contribution in [-0.4, -0.2) is 18.5 Å². The first-order chi connectivity index (χ1) is 7.20. The van der Waals surface area contributed by atoms with Crippen molar-refractivity contribution in [3.05, 3.63) is 29.8 Å². The number of carbonyl (C=O) groups excluding carboxylic acids is 1. The molecule has 0 spiro atoms. The van der Waals surface area contributed by atoms with Crippen LogP contribution >= 0.6 is 0 Å². The summed E-state index contributed by atoms with van der Waals surface area (Å²) in [6.45, 7) is 2.52. The fraction of sp³-hybridized carbons (Fsp3) is 0.417. The van der Waals surface area contributed by atoms with Gasteiger partial charge in [-0.2, -0.15) is 0 Å². The number of hydrogen-bond donors (Lipinski definition) is 1. The van der Waals surface area contributed by atoms with Crippen molar-refractivity contribution in [3.8, 4) is 0 Å². The molecule has 80 valence electrons. The van der Waals surface area contributed by atoms with Crippen molar-refractivity contribution in [2.75, 3.05) is 11.4 Å². The number of carbonyl (C=O) groups is 1. The Bertz CT molecular complexity index is 374. The van der Waals surface area contributed by atoms with Gasteiger partial charge in [-0.3, -0.25) is 4.79 Å². The molecule has 0 radical (unpaired) electrons. The lowest BCUT2D eigenvalue weighted by molar-refractivity contribution is -0.119. The van der Waals surface area contributed by atoms with Gasteiger partial charge in [0.05, 0.1) is 6.04 Å². The van der Waals surface area contributed by atoms with Gasteiger partial charge >= 0.3 is 0 Å². The molecule has 0 bridgehead atoms. The number of para-hydroxylation sites is 1. The van der Waals surface area contributed by atoms with Crippen LogP contribution in [0.25, 0.3) is 0 Å².